The molecule has 0 amide bonds. The lowest BCUT2D eigenvalue weighted by molar-refractivity contribution is -0.117. The van der Waals surface area contributed by atoms with Crippen molar-refractivity contribution in [2.75, 3.05) is 0 Å². The first kappa shape index (κ1) is 30.6. The number of carbonyl (C=O) groups excluding carboxylic acids is 1. The molecule has 0 aliphatic carbocycles. The third-order valence-electron chi connectivity index (χ3n) is 7.10. The van der Waals surface area contributed by atoms with Gasteiger partial charge in [0.2, 0.25) is 0 Å². The first-order valence-corrected chi connectivity index (χ1v) is 15.7. The van der Waals surface area contributed by atoms with Crippen molar-refractivity contribution in [3.05, 3.63) is 107 Å². The summed E-state index contributed by atoms with van der Waals surface area (Å²) in [6, 6.07) is 18.4. The molecular weight excluding hydrogens is 583 g/mol. The van der Waals surface area contributed by atoms with Crippen LogP contribution in [0, 0.1) is 11.6 Å². The molecule has 5 aromatic rings. The molecule has 0 unspecified atom stereocenters. The predicted molar refractivity (Wildman–Crippen MR) is 173 cm³/mol. The van der Waals surface area contributed by atoms with E-state index in [0.29, 0.717) is 22.6 Å². The van der Waals surface area contributed by atoms with Crippen LogP contribution in [0.25, 0.3) is 20.8 Å². The smallest absolute Gasteiger partial charge is 0.166 e. The summed E-state index contributed by atoms with van der Waals surface area (Å²) in [5.41, 5.74) is 4.25. The average Bonchev–Trinajstić information content (AvgIpc) is 3.44. The Morgan fingerprint density at radius 2 is 1.65 bits per heavy atom. The van der Waals surface area contributed by atoms with Crippen LogP contribution in [0.2, 0.25) is 0 Å². The van der Waals surface area contributed by atoms with Crippen molar-refractivity contribution in [3.63, 3.8) is 0 Å². The number of thiophene rings is 1. The van der Waals surface area contributed by atoms with Gasteiger partial charge in [0.25, 0.3) is 0 Å². The number of fused-ring (bicyclic) bond motifs is 1. The second-order valence-electron chi connectivity index (χ2n) is 10.6. The molecular formula is C35H32F2N2O2S2. The largest absolute Gasteiger partial charge is 0.453 e. The van der Waals surface area contributed by atoms with E-state index >= 15 is 4.39 Å². The fraction of sp³-hybridized carbons (Fsp3) is 0.257. The maximum atomic E-state index is 15.1. The lowest BCUT2D eigenvalue weighted by Gasteiger charge is -2.10. The summed E-state index contributed by atoms with van der Waals surface area (Å²) >= 11 is 6.93. The highest BCUT2D eigenvalue weighted by Crippen LogP contribution is 2.39. The zero-order valence-electron chi connectivity index (χ0n) is 23.9. The van der Waals surface area contributed by atoms with Crippen molar-refractivity contribution >= 4 is 44.4 Å². The highest BCUT2D eigenvalue weighted by Gasteiger charge is 2.15. The van der Waals surface area contributed by atoms with E-state index in [1.165, 1.54) is 60.8 Å². The number of nitrogens with zero attached hydrogens (tertiary/aromatic N) is 2. The summed E-state index contributed by atoms with van der Waals surface area (Å²) in [6.07, 6.45) is 10.1. The van der Waals surface area contributed by atoms with Crippen LogP contribution >= 0.6 is 23.6 Å². The van der Waals surface area contributed by atoms with Gasteiger partial charge in [-0.25, -0.2) is 8.78 Å². The Morgan fingerprint density at radius 3 is 2.40 bits per heavy atom. The van der Waals surface area contributed by atoms with Gasteiger partial charge in [-0.3, -0.25) is 14.8 Å². The van der Waals surface area contributed by atoms with Crippen molar-refractivity contribution in [1.29, 1.82) is 0 Å². The standard InChI is InChI=1S/C35H32F2N2O2S2/c1-2-3-4-5-6-24-9-13-30(39-22-24)34-21-31-35(43-34)33(15-16-38-31)41-32-14-10-25(19-29(32)37)18-28(42)20-27(40)17-23-7-11-26(36)12-8-23/h7-16,19,21-22H,2-6,17-18,20H2,1H3. The van der Waals surface area contributed by atoms with Crippen LogP contribution in [-0.4, -0.2) is 20.6 Å². The SMILES string of the molecule is CCCCCCc1ccc(-c2cc3nccc(Oc4ccc(CC(=S)CC(=O)Cc5ccc(F)cc5)cc4F)c3s2)nc1. The number of hydrogen-bond acceptors (Lipinski definition) is 6. The predicted octanol–water partition coefficient (Wildman–Crippen LogP) is 9.67. The summed E-state index contributed by atoms with van der Waals surface area (Å²) in [5, 5.41) is 0. The normalized spacial score (nSPS) is 11.1. The van der Waals surface area contributed by atoms with Gasteiger partial charge < -0.3 is 4.74 Å². The maximum absolute atomic E-state index is 15.1. The van der Waals surface area contributed by atoms with E-state index in [4.69, 9.17) is 17.0 Å². The van der Waals surface area contributed by atoms with Gasteiger partial charge in [0.05, 0.1) is 20.8 Å². The van der Waals surface area contributed by atoms with E-state index < -0.39 is 5.82 Å². The molecule has 0 saturated carbocycles. The lowest BCUT2D eigenvalue weighted by atomic mass is 10.0. The van der Waals surface area contributed by atoms with Gasteiger partial charge >= 0.3 is 0 Å². The number of thiocarbonyl (C=S) groups is 1. The Balaban J connectivity index is 1.22. The van der Waals surface area contributed by atoms with E-state index in [9.17, 15) is 9.18 Å². The number of benzene rings is 2. The van der Waals surface area contributed by atoms with Gasteiger partial charge in [-0.05, 0) is 65.9 Å². The summed E-state index contributed by atoms with van der Waals surface area (Å²) in [7, 11) is 0. The molecule has 3 heterocycles. The molecule has 8 heteroatoms. The molecule has 4 nitrogen and oxygen atoms in total. The molecule has 43 heavy (non-hydrogen) atoms. The zero-order valence-corrected chi connectivity index (χ0v) is 25.6. The Bertz CT molecular complexity index is 1720. The van der Waals surface area contributed by atoms with Gasteiger partial charge in [-0.15, -0.1) is 11.3 Å². The van der Waals surface area contributed by atoms with Crippen LogP contribution in [0.4, 0.5) is 8.78 Å². The number of ether oxygens (including phenoxy) is 1. The molecule has 220 valence electrons. The lowest BCUT2D eigenvalue weighted by Crippen LogP contribution is -2.11. The summed E-state index contributed by atoms with van der Waals surface area (Å²) in [4.78, 5) is 23.1. The Hall–Kier alpha value is -3.88. The number of pyridine rings is 2. The van der Waals surface area contributed by atoms with E-state index in [0.717, 1.165) is 32.8 Å². The Labute approximate surface area is 259 Å². The first-order chi connectivity index (χ1) is 20.9. The van der Waals surface area contributed by atoms with Gasteiger partial charge in [0.15, 0.2) is 11.6 Å². The summed E-state index contributed by atoms with van der Waals surface area (Å²) in [5.74, 6) is -0.322. The zero-order chi connectivity index (χ0) is 30.2. The van der Waals surface area contributed by atoms with E-state index in [1.807, 2.05) is 18.3 Å². The van der Waals surface area contributed by atoms with Crippen LogP contribution in [0.15, 0.2) is 79.1 Å². The van der Waals surface area contributed by atoms with Crippen LogP contribution in [0.3, 0.4) is 0 Å². The quantitative estimate of drug-likeness (QED) is 0.0921. The molecule has 5 rings (SSSR count). The monoisotopic (exact) mass is 614 g/mol. The number of unbranched alkanes of at least 4 members (excludes halogenated alkanes) is 3. The molecule has 3 aromatic heterocycles. The van der Waals surface area contributed by atoms with E-state index in [2.05, 4.69) is 23.0 Å². The van der Waals surface area contributed by atoms with Crippen molar-refractivity contribution < 1.29 is 18.3 Å². The number of rotatable bonds is 14. The topological polar surface area (TPSA) is 52.1 Å². The maximum Gasteiger partial charge on any atom is 0.166 e. The third kappa shape index (κ3) is 8.36. The third-order valence-corrected chi connectivity index (χ3v) is 8.55. The molecule has 0 fully saturated rings. The average molecular weight is 615 g/mol. The van der Waals surface area contributed by atoms with Crippen molar-refractivity contribution in [2.45, 2.75) is 58.3 Å². The van der Waals surface area contributed by atoms with Crippen LogP contribution < -0.4 is 4.74 Å². The van der Waals surface area contributed by atoms with Gasteiger partial charge in [0.1, 0.15) is 17.3 Å². The molecule has 0 aliphatic heterocycles. The van der Waals surface area contributed by atoms with Crippen LogP contribution in [0.1, 0.15) is 55.7 Å². The number of hydrogen-bond donors (Lipinski definition) is 0. The number of aromatic nitrogens is 2. The molecule has 0 radical (unpaired) electrons. The van der Waals surface area contributed by atoms with Crippen LogP contribution in [0.5, 0.6) is 11.5 Å². The van der Waals surface area contributed by atoms with Crippen molar-refractivity contribution in [3.8, 4) is 22.1 Å². The second kappa shape index (κ2) is 14.5. The van der Waals surface area contributed by atoms with Gasteiger partial charge in [0, 0.05) is 42.6 Å². The fourth-order valence-corrected chi connectivity index (χ4v) is 6.22. The number of carbonyl (C=O) groups is 1. The summed E-state index contributed by atoms with van der Waals surface area (Å²) in [6.45, 7) is 2.21. The first-order valence-electron chi connectivity index (χ1n) is 14.5. The van der Waals surface area contributed by atoms with Gasteiger partial charge in [-0.2, -0.15) is 0 Å². The van der Waals surface area contributed by atoms with Crippen molar-refractivity contribution in [1.82, 2.24) is 9.97 Å². The molecule has 0 aliphatic rings. The number of aryl methyl sites for hydroxylation is 1. The minimum atomic E-state index is -0.518. The molecule has 2 aromatic carbocycles. The molecule has 0 spiro atoms. The van der Waals surface area contributed by atoms with Gasteiger partial charge in [-0.1, -0.05) is 62.7 Å². The Kier molecular flexibility index (Phi) is 10.3. The van der Waals surface area contributed by atoms with E-state index in [1.54, 1.807) is 36.5 Å². The summed E-state index contributed by atoms with van der Waals surface area (Å²) < 4.78 is 35.0. The molecule has 0 N–H and O–H groups in total. The highest BCUT2D eigenvalue weighted by atomic mass is 32.1. The molecule has 0 saturated heterocycles. The van der Waals surface area contributed by atoms with Crippen molar-refractivity contribution in [2.24, 2.45) is 0 Å². The second-order valence-corrected chi connectivity index (χ2v) is 12.2. The highest BCUT2D eigenvalue weighted by molar-refractivity contribution is 7.80. The molecule has 0 bridgehead atoms. The number of ketones is 1. The number of halogens is 2. The van der Waals surface area contributed by atoms with Crippen LogP contribution in [-0.2, 0) is 24.1 Å². The minimum Gasteiger partial charge on any atom is -0.453 e. The van der Waals surface area contributed by atoms with E-state index in [-0.39, 0.29) is 30.2 Å². The Morgan fingerprint density at radius 1 is 0.860 bits per heavy atom. The molecule has 0 atom stereocenters. The fourth-order valence-electron chi connectivity index (χ4n) is 4.85. The number of Topliss-reactive ketones (excluding diaryl/α,β-unsaturated/α-hetero) is 1. The minimum absolute atomic E-state index is 0.0670.